The number of rotatable bonds is 4. The monoisotopic (exact) mass is 321 g/mol. The Labute approximate surface area is 131 Å². The maximum absolute atomic E-state index is 12.7. The summed E-state index contributed by atoms with van der Waals surface area (Å²) in [6.45, 7) is 5.10. The molecule has 1 N–H and O–H groups in total. The number of carbonyl (C=O) groups is 1. The minimum Gasteiger partial charge on any atom is -0.457 e. The van der Waals surface area contributed by atoms with E-state index in [4.69, 9.17) is 4.74 Å². The first-order chi connectivity index (χ1) is 10.8. The Bertz CT molecular complexity index is 739. The minimum atomic E-state index is -4.44. The Morgan fingerprint density at radius 1 is 1.22 bits per heavy atom. The zero-order chi connectivity index (χ0) is 17.0. The Hall–Kier alpha value is -2.76. The molecular formula is C17H14F3NO2. The predicted molar refractivity (Wildman–Crippen MR) is 81.5 cm³/mol. The number of hydrogen-bond donors (Lipinski definition) is 1. The molecule has 0 saturated heterocycles. The van der Waals surface area contributed by atoms with Gasteiger partial charge >= 0.3 is 6.18 Å². The highest BCUT2D eigenvalue weighted by molar-refractivity contribution is 5.99. The summed E-state index contributed by atoms with van der Waals surface area (Å²) in [5.41, 5.74) is 0.394. The van der Waals surface area contributed by atoms with Crippen molar-refractivity contribution in [3.05, 3.63) is 66.2 Å². The van der Waals surface area contributed by atoms with Crippen molar-refractivity contribution in [1.29, 1.82) is 0 Å². The van der Waals surface area contributed by atoms with Crippen LogP contribution in [0.5, 0.6) is 11.5 Å². The Balaban J connectivity index is 2.27. The Kier molecular flexibility index (Phi) is 4.74. The third kappa shape index (κ3) is 4.35. The molecule has 0 aliphatic carbocycles. The van der Waals surface area contributed by atoms with Gasteiger partial charge in [0.15, 0.2) is 0 Å². The van der Waals surface area contributed by atoms with Gasteiger partial charge in [0.1, 0.15) is 11.5 Å². The highest BCUT2D eigenvalue weighted by Gasteiger charge is 2.30. The summed E-state index contributed by atoms with van der Waals surface area (Å²) in [5, 5.41) is 2.56. The van der Waals surface area contributed by atoms with Crippen molar-refractivity contribution in [2.24, 2.45) is 0 Å². The number of amides is 1. The van der Waals surface area contributed by atoms with Crippen molar-refractivity contribution in [1.82, 2.24) is 0 Å². The molecule has 120 valence electrons. The molecule has 0 unspecified atom stereocenters. The van der Waals surface area contributed by atoms with E-state index in [-0.39, 0.29) is 11.7 Å². The lowest BCUT2D eigenvalue weighted by Gasteiger charge is -2.13. The van der Waals surface area contributed by atoms with Crippen molar-refractivity contribution in [3.8, 4) is 11.5 Å². The molecule has 0 bridgehead atoms. The smallest absolute Gasteiger partial charge is 0.416 e. The fourth-order valence-corrected chi connectivity index (χ4v) is 1.84. The van der Waals surface area contributed by atoms with Crippen LogP contribution >= 0.6 is 0 Å². The van der Waals surface area contributed by atoms with Crippen LogP contribution in [-0.2, 0) is 11.0 Å². The Morgan fingerprint density at radius 2 is 1.96 bits per heavy atom. The molecule has 0 aliphatic rings. The van der Waals surface area contributed by atoms with Gasteiger partial charge in [-0.05, 0) is 42.8 Å². The van der Waals surface area contributed by atoms with Gasteiger partial charge in [0, 0.05) is 11.8 Å². The number of carbonyl (C=O) groups excluding carboxylic acids is 1. The van der Waals surface area contributed by atoms with Crippen LogP contribution in [0.1, 0.15) is 11.1 Å². The average Bonchev–Trinajstić information content (AvgIpc) is 2.50. The molecule has 0 atom stereocenters. The van der Waals surface area contributed by atoms with Gasteiger partial charge in [-0.3, -0.25) is 4.79 Å². The minimum absolute atomic E-state index is 0.0649. The van der Waals surface area contributed by atoms with Crippen LogP contribution in [0.3, 0.4) is 0 Å². The molecule has 1 amide bonds. The zero-order valence-electron chi connectivity index (χ0n) is 12.3. The van der Waals surface area contributed by atoms with E-state index in [0.717, 1.165) is 23.8 Å². The first-order valence-electron chi connectivity index (χ1n) is 6.69. The van der Waals surface area contributed by atoms with Crippen LogP contribution in [0.15, 0.2) is 55.1 Å². The molecule has 2 aromatic rings. The quantitative estimate of drug-likeness (QED) is 0.811. The highest BCUT2D eigenvalue weighted by Crippen LogP contribution is 2.34. The second-order valence-corrected chi connectivity index (χ2v) is 4.80. The number of alkyl halides is 3. The van der Waals surface area contributed by atoms with E-state index in [2.05, 4.69) is 11.9 Å². The van der Waals surface area contributed by atoms with Gasteiger partial charge in [0.2, 0.25) is 5.91 Å². The second-order valence-electron chi connectivity index (χ2n) is 4.80. The largest absolute Gasteiger partial charge is 0.457 e. The van der Waals surface area contributed by atoms with Crippen LogP contribution in [0.2, 0.25) is 0 Å². The lowest BCUT2D eigenvalue weighted by Crippen LogP contribution is -2.07. The van der Waals surface area contributed by atoms with E-state index in [9.17, 15) is 18.0 Å². The Morgan fingerprint density at radius 3 is 2.61 bits per heavy atom. The molecule has 0 spiro atoms. The summed E-state index contributed by atoms with van der Waals surface area (Å²) in [5.74, 6) is 0.0279. The van der Waals surface area contributed by atoms with Crippen molar-refractivity contribution in [3.63, 3.8) is 0 Å². The molecule has 2 aromatic carbocycles. The number of ether oxygens (including phenoxy) is 1. The van der Waals surface area contributed by atoms with E-state index in [0.29, 0.717) is 11.4 Å². The number of halogens is 3. The van der Waals surface area contributed by atoms with Crippen LogP contribution in [0.4, 0.5) is 18.9 Å². The van der Waals surface area contributed by atoms with Gasteiger partial charge in [0.25, 0.3) is 0 Å². The van der Waals surface area contributed by atoms with Crippen LogP contribution in [-0.4, -0.2) is 5.91 Å². The van der Waals surface area contributed by atoms with Gasteiger partial charge in [-0.2, -0.15) is 13.2 Å². The fraction of sp³-hybridized carbons (Fsp3) is 0.118. The normalized spacial score (nSPS) is 11.0. The average molecular weight is 321 g/mol. The number of anilines is 1. The van der Waals surface area contributed by atoms with Crippen LogP contribution in [0, 0.1) is 6.92 Å². The predicted octanol–water partition coefficient (Wildman–Crippen LogP) is 4.93. The highest BCUT2D eigenvalue weighted by atomic mass is 19.4. The van der Waals surface area contributed by atoms with E-state index in [1.807, 2.05) is 0 Å². The molecule has 6 heteroatoms. The molecule has 0 aromatic heterocycles. The van der Waals surface area contributed by atoms with E-state index in [1.54, 1.807) is 19.1 Å². The van der Waals surface area contributed by atoms with Gasteiger partial charge in [0.05, 0.1) is 5.56 Å². The van der Waals surface area contributed by atoms with E-state index in [1.165, 1.54) is 18.2 Å². The van der Waals surface area contributed by atoms with E-state index < -0.39 is 11.7 Å². The van der Waals surface area contributed by atoms with Gasteiger partial charge in [-0.15, -0.1) is 0 Å². The summed E-state index contributed by atoms with van der Waals surface area (Å²) >= 11 is 0. The van der Waals surface area contributed by atoms with Crippen molar-refractivity contribution in [2.45, 2.75) is 13.1 Å². The third-order valence-corrected chi connectivity index (χ3v) is 3.03. The summed E-state index contributed by atoms with van der Waals surface area (Å²) in [7, 11) is 0. The molecule has 23 heavy (non-hydrogen) atoms. The maximum atomic E-state index is 12.7. The van der Waals surface area contributed by atoms with Crippen molar-refractivity contribution >= 4 is 11.6 Å². The maximum Gasteiger partial charge on any atom is 0.416 e. The molecule has 3 nitrogen and oxygen atoms in total. The molecule has 0 saturated carbocycles. The van der Waals surface area contributed by atoms with Gasteiger partial charge in [-0.25, -0.2) is 0 Å². The molecule has 0 radical (unpaired) electrons. The second kappa shape index (κ2) is 6.56. The standard InChI is InChI=1S/C17H14F3NO2/c1-3-16(22)21-13-8-7-11(2)15(10-13)23-14-6-4-5-12(9-14)17(18,19)20/h3-10H,1H2,2H3,(H,21,22). The molecule has 2 rings (SSSR count). The van der Waals surface area contributed by atoms with Gasteiger partial charge in [-0.1, -0.05) is 18.7 Å². The molecular weight excluding hydrogens is 307 g/mol. The summed E-state index contributed by atoms with van der Waals surface area (Å²) in [6, 6.07) is 9.50. The topological polar surface area (TPSA) is 38.3 Å². The summed E-state index contributed by atoms with van der Waals surface area (Å²) < 4.78 is 43.7. The summed E-state index contributed by atoms with van der Waals surface area (Å²) in [6.07, 6.45) is -3.32. The molecule has 0 heterocycles. The first-order valence-corrected chi connectivity index (χ1v) is 6.69. The fourth-order valence-electron chi connectivity index (χ4n) is 1.84. The first kappa shape index (κ1) is 16.6. The number of benzene rings is 2. The zero-order valence-corrected chi connectivity index (χ0v) is 12.3. The van der Waals surface area contributed by atoms with Crippen molar-refractivity contribution in [2.75, 3.05) is 5.32 Å². The molecule has 0 fully saturated rings. The lowest BCUT2D eigenvalue weighted by molar-refractivity contribution is -0.137. The number of aryl methyl sites for hydroxylation is 1. The van der Waals surface area contributed by atoms with Gasteiger partial charge < -0.3 is 10.1 Å². The number of nitrogens with one attached hydrogen (secondary N) is 1. The number of hydrogen-bond acceptors (Lipinski definition) is 2. The SMILES string of the molecule is C=CC(=O)Nc1ccc(C)c(Oc2cccc(C(F)(F)F)c2)c1. The summed E-state index contributed by atoms with van der Waals surface area (Å²) in [4.78, 5) is 11.3. The van der Waals surface area contributed by atoms with Crippen LogP contribution < -0.4 is 10.1 Å². The third-order valence-electron chi connectivity index (χ3n) is 3.03. The van der Waals surface area contributed by atoms with Crippen molar-refractivity contribution < 1.29 is 22.7 Å². The molecule has 0 aliphatic heterocycles. The van der Waals surface area contributed by atoms with Crippen LogP contribution in [0.25, 0.3) is 0 Å². The lowest BCUT2D eigenvalue weighted by atomic mass is 10.2. The van der Waals surface area contributed by atoms with E-state index >= 15 is 0 Å².